The number of pyridine rings is 1. The van der Waals surface area contributed by atoms with Crippen molar-refractivity contribution in [1.82, 2.24) is 4.98 Å². The standard InChI is InChI=1S/C11H8ClNO2/c12-8-3-1-7(2-4-8)10-5-9(14)6-11(15)13-10/h1-6H,(H2,13,14,15). The zero-order chi connectivity index (χ0) is 10.8. The van der Waals surface area contributed by atoms with Gasteiger partial charge >= 0.3 is 0 Å². The SMILES string of the molecule is O=c1cc(O)cc(-c2ccc(Cl)cc2)[nH]1. The minimum Gasteiger partial charge on any atom is -0.508 e. The number of aromatic nitrogens is 1. The highest BCUT2D eigenvalue weighted by atomic mass is 35.5. The van der Waals surface area contributed by atoms with Crippen molar-refractivity contribution in [1.29, 1.82) is 0 Å². The van der Waals surface area contributed by atoms with E-state index in [9.17, 15) is 9.90 Å². The van der Waals surface area contributed by atoms with Gasteiger partial charge in [0.1, 0.15) is 5.75 Å². The van der Waals surface area contributed by atoms with Crippen LogP contribution in [0.1, 0.15) is 0 Å². The van der Waals surface area contributed by atoms with E-state index in [-0.39, 0.29) is 11.3 Å². The van der Waals surface area contributed by atoms with Crippen molar-refractivity contribution in [2.75, 3.05) is 0 Å². The molecule has 0 atom stereocenters. The van der Waals surface area contributed by atoms with Gasteiger partial charge in [0.25, 0.3) is 5.56 Å². The quantitative estimate of drug-likeness (QED) is 0.777. The topological polar surface area (TPSA) is 53.1 Å². The molecule has 0 aliphatic carbocycles. The molecule has 0 aliphatic heterocycles. The van der Waals surface area contributed by atoms with E-state index < -0.39 is 0 Å². The molecular weight excluding hydrogens is 214 g/mol. The summed E-state index contributed by atoms with van der Waals surface area (Å²) in [6.45, 7) is 0. The number of halogens is 1. The summed E-state index contributed by atoms with van der Waals surface area (Å²) >= 11 is 5.74. The zero-order valence-corrected chi connectivity index (χ0v) is 8.45. The molecule has 0 radical (unpaired) electrons. The van der Waals surface area contributed by atoms with E-state index >= 15 is 0 Å². The molecule has 2 N–H and O–H groups in total. The summed E-state index contributed by atoms with van der Waals surface area (Å²) in [5, 5.41) is 9.89. The summed E-state index contributed by atoms with van der Waals surface area (Å²) in [5.74, 6) is -0.0521. The van der Waals surface area contributed by atoms with Crippen LogP contribution in [0.5, 0.6) is 5.75 Å². The molecule has 0 unspecified atom stereocenters. The molecule has 15 heavy (non-hydrogen) atoms. The fraction of sp³-hybridized carbons (Fsp3) is 0. The first-order valence-electron chi connectivity index (χ1n) is 4.34. The Balaban J connectivity index is 2.54. The van der Waals surface area contributed by atoms with Crippen molar-refractivity contribution in [3.63, 3.8) is 0 Å². The fourth-order valence-electron chi connectivity index (χ4n) is 1.31. The molecule has 1 aromatic carbocycles. The average Bonchev–Trinajstić information content (AvgIpc) is 2.17. The van der Waals surface area contributed by atoms with Gasteiger partial charge in [-0.2, -0.15) is 0 Å². The molecule has 0 bridgehead atoms. The van der Waals surface area contributed by atoms with Gasteiger partial charge in [0.15, 0.2) is 0 Å². The highest BCUT2D eigenvalue weighted by Crippen LogP contribution is 2.20. The predicted octanol–water partition coefficient (Wildman–Crippen LogP) is 2.40. The van der Waals surface area contributed by atoms with Crippen molar-refractivity contribution >= 4 is 11.6 Å². The van der Waals surface area contributed by atoms with Crippen LogP contribution in [-0.2, 0) is 0 Å². The van der Waals surface area contributed by atoms with Crippen LogP contribution < -0.4 is 5.56 Å². The van der Waals surface area contributed by atoms with Crippen molar-refractivity contribution in [2.24, 2.45) is 0 Å². The van der Waals surface area contributed by atoms with Gasteiger partial charge in [-0.15, -0.1) is 0 Å². The number of hydrogen-bond acceptors (Lipinski definition) is 2. The van der Waals surface area contributed by atoms with Gasteiger partial charge in [0.2, 0.25) is 0 Å². The van der Waals surface area contributed by atoms with Crippen LogP contribution >= 0.6 is 11.6 Å². The highest BCUT2D eigenvalue weighted by Gasteiger charge is 2.00. The van der Waals surface area contributed by atoms with Crippen LogP contribution in [0.4, 0.5) is 0 Å². The van der Waals surface area contributed by atoms with Crippen LogP contribution in [0.25, 0.3) is 11.3 Å². The summed E-state index contributed by atoms with van der Waals surface area (Å²) in [7, 11) is 0. The maximum Gasteiger partial charge on any atom is 0.252 e. The molecule has 76 valence electrons. The Bertz CT molecular complexity index is 531. The van der Waals surface area contributed by atoms with Gasteiger partial charge in [0, 0.05) is 17.2 Å². The molecule has 3 nitrogen and oxygen atoms in total. The third-order valence-electron chi connectivity index (χ3n) is 1.98. The normalized spacial score (nSPS) is 10.2. The van der Waals surface area contributed by atoms with E-state index in [0.717, 1.165) is 11.6 Å². The van der Waals surface area contributed by atoms with Crippen molar-refractivity contribution in [3.8, 4) is 17.0 Å². The second kappa shape index (κ2) is 3.79. The number of nitrogens with one attached hydrogen (secondary N) is 1. The Morgan fingerprint density at radius 3 is 2.40 bits per heavy atom. The lowest BCUT2D eigenvalue weighted by atomic mass is 10.1. The molecule has 2 rings (SSSR count). The predicted molar refractivity (Wildman–Crippen MR) is 59.2 cm³/mol. The lowest BCUT2D eigenvalue weighted by Crippen LogP contribution is -2.03. The van der Waals surface area contributed by atoms with Crippen molar-refractivity contribution in [3.05, 3.63) is 51.8 Å². The van der Waals surface area contributed by atoms with Crippen molar-refractivity contribution in [2.45, 2.75) is 0 Å². The zero-order valence-electron chi connectivity index (χ0n) is 7.70. The number of aromatic hydroxyl groups is 1. The van der Waals surface area contributed by atoms with E-state index in [2.05, 4.69) is 4.98 Å². The molecule has 0 saturated heterocycles. The second-order valence-electron chi connectivity index (χ2n) is 3.12. The smallest absolute Gasteiger partial charge is 0.252 e. The number of rotatable bonds is 1. The summed E-state index contributed by atoms with van der Waals surface area (Å²) in [4.78, 5) is 13.7. The number of benzene rings is 1. The summed E-state index contributed by atoms with van der Waals surface area (Å²) in [6.07, 6.45) is 0. The number of hydrogen-bond donors (Lipinski definition) is 2. The van der Waals surface area contributed by atoms with Gasteiger partial charge < -0.3 is 10.1 Å². The molecule has 1 heterocycles. The minimum atomic E-state index is -0.333. The first kappa shape index (κ1) is 9.80. The van der Waals surface area contributed by atoms with Crippen molar-refractivity contribution < 1.29 is 5.11 Å². The van der Waals surface area contributed by atoms with E-state index in [1.807, 2.05) is 0 Å². The number of aromatic amines is 1. The Labute approximate surface area is 91.0 Å². The van der Waals surface area contributed by atoms with Gasteiger partial charge in [-0.1, -0.05) is 23.7 Å². The maximum absolute atomic E-state index is 11.1. The Morgan fingerprint density at radius 1 is 1.13 bits per heavy atom. The third-order valence-corrected chi connectivity index (χ3v) is 2.24. The lowest BCUT2D eigenvalue weighted by molar-refractivity contribution is 0.474. The monoisotopic (exact) mass is 221 g/mol. The van der Waals surface area contributed by atoms with E-state index in [4.69, 9.17) is 11.6 Å². The van der Waals surface area contributed by atoms with Crippen LogP contribution in [0.15, 0.2) is 41.2 Å². The second-order valence-corrected chi connectivity index (χ2v) is 3.56. The first-order valence-corrected chi connectivity index (χ1v) is 4.72. The van der Waals surface area contributed by atoms with Gasteiger partial charge in [-0.05, 0) is 17.7 Å². The molecule has 1 aromatic heterocycles. The Hall–Kier alpha value is -1.74. The largest absolute Gasteiger partial charge is 0.508 e. The molecule has 0 spiro atoms. The molecule has 0 fully saturated rings. The molecule has 0 amide bonds. The number of H-pyrrole nitrogens is 1. The molecule has 0 aliphatic rings. The maximum atomic E-state index is 11.1. The molecule has 4 heteroatoms. The Morgan fingerprint density at radius 2 is 1.80 bits per heavy atom. The highest BCUT2D eigenvalue weighted by molar-refractivity contribution is 6.30. The summed E-state index contributed by atoms with van der Waals surface area (Å²) < 4.78 is 0. The lowest BCUT2D eigenvalue weighted by Gasteiger charge is -2.01. The van der Waals surface area contributed by atoms with Gasteiger partial charge in [0.05, 0.1) is 5.69 Å². The van der Waals surface area contributed by atoms with E-state index in [1.165, 1.54) is 6.07 Å². The van der Waals surface area contributed by atoms with Crippen LogP contribution in [-0.4, -0.2) is 10.1 Å². The summed E-state index contributed by atoms with van der Waals surface area (Å²) in [6, 6.07) is 9.60. The molecule has 0 saturated carbocycles. The third kappa shape index (κ3) is 2.19. The summed E-state index contributed by atoms with van der Waals surface area (Å²) in [5.41, 5.74) is 1.03. The fourth-order valence-corrected chi connectivity index (χ4v) is 1.44. The molecule has 2 aromatic rings. The van der Waals surface area contributed by atoms with Gasteiger partial charge in [-0.3, -0.25) is 4.79 Å². The average molecular weight is 222 g/mol. The van der Waals surface area contributed by atoms with Crippen LogP contribution in [0.3, 0.4) is 0 Å². The van der Waals surface area contributed by atoms with E-state index in [1.54, 1.807) is 24.3 Å². The van der Waals surface area contributed by atoms with Crippen LogP contribution in [0, 0.1) is 0 Å². The first-order chi connectivity index (χ1) is 7.15. The van der Waals surface area contributed by atoms with Gasteiger partial charge in [-0.25, -0.2) is 0 Å². The Kier molecular flexibility index (Phi) is 2.47. The minimum absolute atomic E-state index is 0.0521. The van der Waals surface area contributed by atoms with E-state index in [0.29, 0.717) is 10.7 Å². The molecular formula is C11H8ClNO2. The van der Waals surface area contributed by atoms with Crippen LogP contribution in [0.2, 0.25) is 5.02 Å².